The number of hydrogen-bond donors (Lipinski definition) is 1. The third kappa shape index (κ3) is 3.13. The van der Waals surface area contributed by atoms with E-state index in [1.165, 1.54) is 11.1 Å². The SMILES string of the molecule is CSc1cccc(NC(=O)[C@H]2CCCc3ccccc32)c1. The van der Waals surface area contributed by atoms with Crippen LogP contribution in [0.2, 0.25) is 0 Å². The van der Waals surface area contributed by atoms with Crippen LogP contribution >= 0.6 is 11.8 Å². The molecule has 0 spiro atoms. The van der Waals surface area contributed by atoms with Crippen molar-refractivity contribution in [1.29, 1.82) is 0 Å². The number of carbonyl (C=O) groups excluding carboxylic acids is 1. The highest BCUT2D eigenvalue weighted by Gasteiger charge is 2.26. The van der Waals surface area contributed by atoms with Gasteiger partial charge in [-0.2, -0.15) is 0 Å². The van der Waals surface area contributed by atoms with Crippen molar-refractivity contribution in [3.8, 4) is 0 Å². The lowest BCUT2D eigenvalue weighted by Gasteiger charge is -2.24. The molecule has 108 valence electrons. The predicted molar refractivity (Wildman–Crippen MR) is 89.0 cm³/mol. The highest BCUT2D eigenvalue weighted by Crippen LogP contribution is 2.32. The molecule has 1 aliphatic carbocycles. The van der Waals surface area contributed by atoms with Crippen LogP contribution in [0.4, 0.5) is 5.69 Å². The Labute approximate surface area is 130 Å². The van der Waals surface area contributed by atoms with Gasteiger partial charge in [-0.3, -0.25) is 4.79 Å². The molecule has 3 heteroatoms. The summed E-state index contributed by atoms with van der Waals surface area (Å²) in [5.41, 5.74) is 3.40. The minimum absolute atomic E-state index is 0.0205. The first kappa shape index (κ1) is 14.2. The summed E-state index contributed by atoms with van der Waals surface area (Å²) in [5, 5.41) is 3.07. The van der Waals surface area contributed by atoms with Crippen LogP contribution in [0, 0.1) is 0 Å². The van der Waals surface area contributed by atoms with Gasteiger partial charge in [0.1, 0.15) is 0 Å². The standard InChI is InChI=1S/C18H19NOS/c1-21-15-9-5-8-14(12-15)19-18(20)17-11-4-7-13-6-2-3-10-16(13)17/h2-3,5-6,8-10,12,17H,4,7,11H2,1H3,(H,19,20)/t17-/m0/s1. The second-order valence-electron chi connectivity index (χ2n) is 5.36. The third-order valence-corrected chi connectivity index (χ3v) is 4.75. The zero-order valence-electron chi connectivity index (χ0n) is 12.1. The minimum Gasteiger partial charge on any atom is -0.326 e. The molecule has 0 unspecified atom stereocenters. The highest BCUT2D eigenvalue weighted by molar-refractivity contribution is 7.98. The number of nitrogens with one attached hydrogen (secondary N) is 1. The molecule has 0 bridgehead atoms. The van der Waals surface area contributed by atoms with Crippen molar-refractivity contribution in [2.45, 2.75) is 30.1 Å². The normalized spacial score (nSPS) is 17.1. The molecule has 21 heavy (non-hydrogen) atoms. The summed E-state index contributed by atoms with van der Waals surface area (Å²) in [6, 6.07) is 16.3. The lowest BCUT2D eigenvalue weighted by atomic mass is 9.82. The minimum atomic E-state index is -0.0205. The molecular formula is C18H19NOS. The van der Waals surface area contributed by atoms with Gasteiger partial charge in [0.25, 0.3) is 0 Å². The Balaban J connectivity index is 1.80. The van der Waals surface area contributed by atoms with E-state index in [9.17, 15) is 4.79 Å². The molecule has 3 rings (SSSR count). The van der Waals surface area contributed by atoms with Gasteiger partial charge in [-0.05, 0) is 54.8 Å². The van der Waals surface area contributed by atoms with Gasteiger partial charge in [-0.1, -0.05) is 30.3 Å². The van der Waals surface area contributed by atoms with Gasteiger partial charge in [0.2, 0.25) is 5.91 Å². The Morgan fingerprint density at radius 2 is 2.05 bits per heavy atom. The van der Waals surface area contributed by atoms with Gasteiger partial charge in [-0.25, -0.2) is 0 Å². The molecule has 2 aromatic rings. The summed E-state index contributed by atoms with van der Waals surface area (Å²) >= 11 is 1.68. The van der Waals surface area contributed by atoms with Crippen LogP contribution in [0.25, 0.3) is 0 Å². The molecule has 2 aromatic carbocycles. The number of carbonyl (C=O) groups is 1. The monoisotopic (exact) mass is 297 g/mol. The average Bonchev–Trinajstić information content (AvgIpc) is 2.54. The number of hydrogen-bond acceptors (Lipinski definition) is 2. The van der Waals surface area contributed by atoms with Crippen LogP contribution in [0.3, 0.4) is 0 Å². The van der Waals surface area contributed by atoms with Crippen LogP contribution in [0.1, 0.15) is 29.9 Å². The maximum absolute atomic E-state index is 12.6. The molecule has 0 saturated heterocycles. The summed E-state index contributed by atoms with van der Waals surface area (Å²) in [6.45, 7) is 0. The zero-order valence-corrected chi connectivity index (χ0v) is 13.0. The van der Waals surface area contributed by atoms with E-state index >= 15 is 0 Å². The molecular weight excluding hydrogens is 278 g/mol. The first-order chi connectivity index (χ1) is 10.3. The van der Waals surface area contributed by atoms with Gasteiger partial charge in [0, 0.05) is 10.6 Å². The molecule has 1 atom stereocenters. The van der Waals surface area contributed by atoms with Crippen LogP contribution < -0.4 is 5.32 Å². The van der Waals surface area contributed by atoms with E-state index in [-0.39, 0.29) is 11.8 Å². The Kier molecular flexibility index (Phi) is 4.30. The molecule has 1 N–H and O–H groups in total. The number of aryl methyl sites for hydroxylation is 1. The second-order valence-corrected chi connectivity index (χ2v) is 6.24. The largest absolute Gasteiger partial charge is 0.326 e. The number of rotatable bonds is 3. The number of amides is 1. The summed E-state index contributed by atoms with van der Waals surface area (Å²) in [4.78, 5) is 13.8. The Morgan fingerprint density at radius 1 is 1.19 bits per heavy atom. The lowest BCUT2D eigenvalue weighted by molar-refractivity contribution is -0.117. The molecule has 0 radical (unpaired) electrons. The molecule has 1 amide bonds. The van der Waals surface area contributed by atoms with Crippen molar-refractivity contribution in [3.63, 3.8) is 0 Å². The van der Waals surface area contributed by atoms with Crippen LogP contribution in [0.15, 0.2) is 53.4 Å². The van der Waals surface area contributed by atoms with E-state index in [1.54, 1.807) is 11.8 Å². The van der Waals surface area contributed by atoms with Crippen molar-refractivity contribution < 1.29 is 4.79 Å². The smallest absolute Gasteiger partial charge is 0.231 e. The van der Waals surface area contributed by atoms with Gasteiger partial charge >= 0.3 is 0 Å². The fraction of sp³-hybridized carbons (Fsp3) is 0.278. The number of fused-ring (bicyclic) bond motifs is 1. The third-order valence-electron chi connectivity index (χ3n) is 4.02. The van der Waals surface area contributed by atoms with E-state index in [2.05, 4.69) is 29.6 Å². The topological polar surface area (TPSA) is 29.1 Å². The summed E-state index contributed by atoms with van der Waals surface area (Å²) < 4.78 is 0. The Hall–Kier alpha value is -1.74. The summed E-state index contributed by atoms with van der Waals surface area (Å²) in [5.74, 6) is 0.0910. The summed E-state index contributed by atoms with van der Waals surface area (Å²) in [7, 11) is 0. The fourth-order valence-electron chi connectivity index (χ4n) is 2.96. The highest BCUT2D eigenvalue weighted by atomic mass is 32.2. The number of thioether (sulfide) groups is 1. The quantitative estimate of drug-likeness (QED) is 0.847. The van der Waals surface area contributed by atoms with Crippen LogP contribution in [-0.2, 0) is 11.2 Å². The summed E-state index contributed by atoms with van der Waals surface area (Å²) in [6.07, 6.45) is 5.14. The van der Waals surface area contributed by atoms with Crippen molar-refractivity contribution in [3.05, 3.63) is 59.7 Å². The van der Waals surface area contributed by atoms with Gasteiger partial charge < -0.3 is 5.32 Å². The van der Waals surface area contributed by atoms with Gasteiger partial charge in [-0.15, -0.1) is 11.8 Å². The van der Waals surface area contributed by atoms with E-state index in [4.69, 9.17) is 0 Å². The Bertz CT molecular complexity index is 653. The van der Waals surface area contributed by atoms with Crippen LogP contribution in [0.5, 0.6) is 0 Å². The van der Waals surface area contributed by atoms with Crippen molar-refractivity contribution in [1.82, 2.24) is 0 Å². The molecule has 0 aromatic heterocycles. The van der Waals surface area contributed by atoms with Crippen molar-refractivity contribution in [2.75, 3.05) is 11.6 Å². The molecule has 0 saturated carbocycles. The van der Waals surface area contributed by atoms with E-state index in [0.717, 1.165) is 29.8 Å². The van der Waals surface area contributed by atoms with Gasteiger partial charge in [0.15, 0.2) is 0 Å². The lowest BCUT2D eigenvalue weighted by Crippen LogP contribution is -2.24. The second kappa shape index (κ2) is 6.35. The fourth-order valence-corrected chi connectivity index (χ4v) is 3.42. The van der Waals surface area contributed by atoms with Crippen molar-refractivity contribution in [2.24, 2.45) is 0 Å². The van der Waals surface area contributed by atoms with E-state index in [1.807, 2.05) is 30.5 Å². The van der Waals surface area contributed by atoms with Crippen LogP contribution in [-0.4, -0.2) is 12.2 Å². The average molecular weight is 297 g/mol. The van der Waals surface area contributed by atoms with Gasteiger partial charge in [0.05, 0.1) is 5.92 Å². The maximum Gasteiger partial charge on any atom is 0.231 e. The molecule has 0 aliphatic heterocycles. The molecule has 0 heterocycles. The first-order valence-electron chi connectivity index (χ1n) is 7.30. The number of anilines is 1. The molecule has 0 fully saturated rings. The molecule has 2 nitrogen and oxygen atoms in total. The van der Waals surface area contributed by atoms with E-state index < -0.39 is 0 Å². The van der Waals surface area contributed by atoms with Crippen molar-refractivity contribution >= 4 is 23.4 Å². The van der Waals surface area contributed by atoms with E-state index in [0.29, 0.717) is 0 Å². The molecule has 1 aliphatic rings. The zero-order chi connectivity index (χ0) is 14.7. The Morgan fingerprint density at radius 3 is 2.90 bits per heavy atom. The predicted octanol–water partition coefficient (Wildman–Crippen LogP) is 4.47. The number of benzene rings is 2. The maximum atomic E-state index is 12.6. The first-order valence-corrected chi connectivity index (χ1v) is 8.53.